The maximum atomic E-state index is 13.1. The van der Waals surface area contributed by atoms with Crippen molar-refractivity contribution in [3.8, 4) is 11.1 Å². The molecule has 1 N–H and O–H groups in total. The highest BCUT2D eigenvalue weighted by Crippen LogP contribution is 2.31. The Hall–Kier alpha value is -3.45. The topological polar surface area (TPSA) is 66.5 Å². The molecule has 0 saturated heterocycles. The molecule has 0 bridgehead atoms. The second-order valence-corrected chi connectivity index (χ2v) is 9.83. The van der Waals surface area contributed by atoms with Crippen molar-refractivity contribution in [3.63, 3.8) is 0 Å². The van der Waals surface area contributed by atoms with Gasteiger partial charge in [-0.15, -0.1) is 0 Å². The molecule has 0 aliphatic heterocycles. The van der Waals surface area contributed by atoms with Crippen LogP contribution in [0, 0.1) is 5.82 Å². The zero-order valence-electron chi connectivity index (χ0n) is 18.8. The predicted molar refractivity (Wildman–Crippen MR) is 120 cm³/mol. The zero-order valence-corrected chi connectivity index (χ0v) is 19.6. The van der Waals surface area contributed by atoms with Gasteiger partial charge in [0.05, 0.1) is 17.0 Å². The second kappa shape index (κ2) is 10.9. The van der Waals surface area contributed by atoms with Crippen LogP contribution in [0.2, 0.25) is 0 Å². The van der Waals surface area contributed by atoms with E-state index in [2.05, 4.69) is 5.32 Å². The number of rotatable bonds is 8. The molecule has 0 aromatic heterocycles. The Labute approximate surface area is 207 Å². The summed E-state index contributed by atoms with van der Waals surface area (Å²) in [6.07, 6.45) is -9.45. The number of hydrogen-bond donors (Lipinski definition) is 1. The van der Waals surface area contributed by atoms with Gasteiger partial charge in [0, 0.05) is 6.54 Å². The number of benzene rings is 3. The van der Waals surface area contributed by atoms with E-state index in [4.69, 9.17) is 0 Å². The minimum atomic E-state index is -4.95. The van der Waals surface area contributed by atoms with Crippen molar-refractivity contribution in [2.45, 2.75) is 23.8 Å². The van der Waals surface area contributed by atoms with Crippen LogP contribution in [0.3, 0.4) is 0 Å². The molecule has 0 fully saturated rings. The first-order valence-electron chi connectivity index (χ1n) is 10.5. The molecule has 13 heteroatoms. The van der Waals surface area contributed by atoms with Crippen LogP contribution in [0.1, 0.15) is 11.1 Å². The Kier molecular flexibility index (Phi) is 8.28. The molecular weight excluding hydrogens is 529 g/mol. The van der Waals surface area contributed by atoms with Gasteiger partial charge in [-0.2, -0.15) is 30.6 Å². The van der Waals surface area contributed by atoms with Gasteiger partial charge in [-0.1, -0.05) is 30.3 Å². The van der Waals surface area contributed by atoms with Crippen molar-refractivity contribution in [3.05, 3.63) is 89.7 Å². The third-order valence-corrected chi connectivity index (χ3v) is 6.90. The minimum absolute atomic E-state index is 0.0613. The van der Waals surface area contributed by atoms with E-state index in [0.717, 1.165) is 36.4 Å². The average Bonchev–Trinajstić information content (AvgIpc) is 2.81. The van der Waals surface area contributed by atoms with Gasteiger partial charge >= 0.3 is 12.4 Å². The van der Waals surface area contributed by atoms with Crippen molar-refractivity contribution in [1.82, 2.24) is 9.62 Å². The Morgan fingerprint density at radius 2 is 1.46 bits per heavy atom. The number of amides is 1. The van der Waals surface area contributed by atoms with Gasteiger partial charge in [0.2, 0.25) is 15.9 Å². The smallest absolute Gasteiger partial charge is 0.351 e. The number of hydrogen-bond acceptors (Lipinski definition) is 3. The summed E-state index contributed by atoms with van der Waals surface area (Å²) in [5.41, 5.74) is 0.633. The van der Waals surface area contributed by atoms with Crippen LogP contribution in [0.25, 0.3) is 11.1 Å². The molecule has 0 aliphatic carbocycles. The summed E-state index contributed by atoms with van der Waals surface area (Å²) in [7, 11) is -4.78. The van der Waals surface area contributed by atoms with Crippen LogP contribution in [-0.4, -0.2) is 37.9 Å². The Morgan fingerprint density at radius 3 is 2.03 bits per heavy atom. The highest BCUT2D eigenvalue weighted by atomic mass is 32.2. The fourth-order valence-electron chi connectivity index (χ4n) is 3.31. The number of nitrogens with one attached hydrogen (secondary N) is 1. The summed E-state index contributed by atoms with van der Waals surface area (Å²) in [4.78, 5) is 11.8. The van der Waals surface area contributed by atoms with Crippen molar-refractivity contribution in [1.29, 1.82) is 0 Å². The summed E-state index contributed by atoms with van der Waals surface area (Å²) in [5, 5.41) is 2.33. The molecular formula is C24H19F7N2O3S. The molecule has 0 spiro atoms. The number of carbonyl (C=O) groups is 1. The summed E-state index contributed by atoms with van der Waals surface area (Å²) in [6, 6.07) is 13.8. The maximum absolute atomic E-state index is 13.1. The fraction of sp³-hybridized carbons (Fsp3) is 0.208. The van der Waals surface area contributed by atoms with Crippen LogP contribution in [0.15, 0.2) is 77.7 Å². The van der Waals surface area contributed by atoms with E-state index < -0.39 is 57.6 Å². The van der Waals surface area contributed by atoms with E-state index in [1.54, 1.807) is 24.3 Å². The normalized spacial score (nSPS) is 12.5. The van der Waals surface area contributed by atoms with Crippen LogP contribution in [0.5, 0.6) is 0 Å². The number of alkyl halides is 6. The minimum Gasteiger partial charge on any atom is -0.351 e. The van der Waals surface area contributed by atoms with Gasteiger partial charge in [-0.25, -0.2) is 12.8 Å². The molecule has 198 valence electrons. The molecule has 3 aromatic rings. The molecule has 37 heavy (non-hydrogen) atoms. The van der Waals surface area contributed by atoms with Gasteiger partial charge in [-0.3, -0.25) is 4.79 Å². The lowest BCUT2D eigenvalue weighted by Gasteiger charge is -2.23. The first kappa shape index (κ1) is 28.1. The highest BCUT2D eigenvalue weighted by molar-refractivity contribution is 7.89. The largest absolute Gasteiger partial charge is 0.416 e. The number of halogens is 7. The quantitative estimate of drug-likeness (QED) is 0.385. The second-order valence-electron chi connectivity index (χ2n) is 7.89. The molecule has 3 aromatic carbocycles. The molecule has 1 amide bonds. The first-order valence-corrected chi connectivity index (χ1v) is 11.9. The summed E-state index contributed by atoms with van der Waals surface area (Å²) < 4.78 is 116. The van der Waals surface area contributed by atoms with Crippen molar-refractivity contribution in [2.75, 3.05) is 13.1 Å². The van der Waals surface area contributed by atoms with Crippen molar-refractivity contribution >= 4 is 15.9 Å². The van der Waals surface area contributed by atoms with Gasteiger partial charge in [0.15, 0.2) is 0 Å². The lowest BCUT2D eigenvalue weighted by molar-refractivity contribution is -0.140. The van der Waals surface area contributed by atoms with Gasteiger partial charge in [0.1, 0.15) is 12.4 Å². The zero-order chi connectivity index (χ0) is 27.4. The van der Waals surface area contributed by atoms with Gasteiger partial charge in [0.25, 0.3) is 0 Å². The van der Waals surface area contributed by atoms with E-state index in [0.29, 0.717) is 16.7 Å². The fourth-order valence-corrected chi connectivity index (χ4v) is 4.69. The first-order chi connectivity index (χ1) is 17.1. The number of nitrogens with zero attached hydrogens (tertiary/aromatic N) is 1. The Bertz CT molecular complexity index is 1340. The lowest BCUT2D eigenvalue weighted by Crippen LogP contribution is -2.44. The standard InChI is InChI=1S/C24H19F7N2O3S/c25-20-8-10-21(11-9-20)37(35,36)33(15-23(26,27)28)14-22(34)32-13-16-2-1-3-18(12-16)17-4-6-19(7-5-17)24(29,30)31/h1-12H,13-15H2,(H,32,34). The SMILES string of the molecule is O=C(CN(CC(F)(F)F)S(=O)(=O)c1ccc(F)cc1)NCc1cccc(-c2ccc(C(F)(F)F)cc2)c1. The third kappa shape index (κ3) is 7.76. The number of carbonyl (C=O) groups excluding carboxylic acids is 1. The molecule has 0 heterocycles. The third-order valence-electron chi connectivity index (χ3n) is 5.09. The van der Waals surface area contributed by atoms with E-state index in [1.807, 2.05) is 0 Å². The average molecular weight is 548 g/mol. The van der Waals surface area contributed by atoms with E-state index in [1.165, 1.54) is 12.1 Å². The van der Waals surface area contributed by atoms with Crippen LogP contribution >= 0.6 is 0 Å². The van der Waals surface area contributed by atoms with E-state index >= 15 is 0 Å². The van der Waals surface area contributed by atoms with Crippen molar-refractivity contribution in [2.24, 2.45) is 0 Å². The molecule has 0 radical (unpaired) electrons. The van der Waals surface area contributed by atoms with Crippen LogP contribution < -0.4 is 5.32 Å². The molecule has 0 saturated carbocycles. The predicted octanol–water partition coefficient (Wildman–Crippen LogP) is 5.38. The van der Waals surface area contributed by atoms with Crippen LogP contribution in [-0.2, 0) is 27.5 Å². The summed E-state index contributed by atoms with van der Waals surface area (Å²) in [6.45, 7) is -3.29. The molecule has 3 rings (SSSR count). The summed E-state index contributed by atoms with van der Waals surface area (Å²) >= 11 is 0. The lowest BCUT2D eigenvalue weighted by atomic mass is 10.0. The van der Waals surface area contributed by atoms with Gasteiger partial charge in [-0.05, 0) is 59.2 Å². The summed E-state index contributed by atoms with van der Waals surface area (Å²) in [5.74, 6) is -1.83. The molecule has 0 aliphatic rings. The monoisotopic (exact) mass is 548 g/mol. The molecule has 0 atom stereocenters. The van der Waals surface area contributed by atoms with Crippen LogP contribution in [0.4, 0.5) is 30.7 Å². The Morgan fingerprint density at radius 1 is 0.838 bits per heavy atom. The van der Waals surface area contributed by atoms with E-state index in [-0.39, 0.29) is 10.8 Å². The highest BCUT2D eigenvalue weighted by Gasteiger charge is 2.38. The Balaban J connectivity index is 1.71. The maximum Gasteiger partial charge on any atom is 0.416 e. The number of sulfonamides is 1. The molecule has 5 nitrogen and oxygen atoms in total. The van der Waals surface area contributed by atoms with E-state index in [9.17, 15) is 43.9 Å². The van der Waals surface area contributed by atoms with Gasteiger partial charge < -0.3 is 5.32 Å². The molecule has 0 unspecified atom stereocenters. The van der Waals surface area contributed by atoms with Crippen molar-refractivity contribution < 1.29 is 43.9 Å².